The monoisotopic (exact) mass is 274 g/mol. The molecule has 1 N–H and O–H groups in total. The maximum absolute atomic E-state index is 11.4. The van der Waals surface area contributed by atoms with Crippen molar-refractivity contribution in [1.82, 2.24) is 0 Å². The van der Waals surface area contributed by atoms with Crippen molar-refractivity contribution in [2.45, 2.75) is 32.1 Å². The second-order valence-corrected chi connectivity index (χ2v) is 5.32. The maximum atomic E-state index is 11.4. The van der Waals surface area contributed by atoms with Gasteiger partial charge in [0.05, 0.1) is 19.3 Å². The van der Waals surface area contributed by atoms with Gasteiger partial charge in [0.15, 0.2) is 0 Å². The summed E-state index contributed by atoms with van der Waals surface area (Å²) in [5.74, 6) is 0.240. The quantitative estimate of drug-likeness (QED) is 0.856. The molecule has 1 fully saturated rings. The highest BCUT2D eigenvalue weighted by Crippen LogP contribution is 2.28. The van der Waals surface area contributed by atoms with Gasteiger partial charge < -0.3 is 9.84 Å². The van der Waals surface area contributed by atoms with Gasteiger partial charge in [-0.1, -0.05) is 37.5 Å². The molecule has 0 unspecified atom stereocenters. The number of hydrogen-bond donors (Lipinski definition) is 1. The molecule has 1 aromatic rings. The minimum absolute atomic E-state index is 0.0358. The van der Waals surface area contributed by atoms with Gasteiger partial charge in [0.1, 0.15) is 0 Å². The molecule has 1 aliphatic rings. The van der Waals surface area contributed by atoms with Gasteiger partial charge in [0.2, 0.25) is 0 Å². The van der Waals surface area contributed by atoms with Crippen LogP contribution < -0.4 is 0 Å². The number of carbonyl (C=O) groups excluding carboxylic acids is 1. The number of rotatable bonds is 4. The van der Waals surface area contributed by atoms with E-state index in [0.717, 1.165) is 11.1 Å². The van der Waals surface area contributed by atoms with Gasteiger partial charge in [-0.2, -0.15) is 0 Å². The predicted octanol–water partition coefficient (Wildman–Crippen LogP) is 3.43. The number of ether oxygens (including phenoxy) is 1. The van der Waals surface area contributed by atoms with Crippen LogP contribution in [0.25, 0.3) is 5.57 Å². The Labute approximate surface area is 120 Å². The van der Waals surface area contributed by atoms with Crippen molar-refractivity contribution < 1.29 is 14.6 Å². The Morgan fingerprint density at radius 2 is 1.80 bits per heavy atom. The Balaban J connectivity index is 2.14. The fourth-order valence-corrected chi connectivity index (χ4v) is 2.76. The van der Waals surface area contributed by atoms with Crippen molar-refractivity contribution in [2.75, 3.05) is 13.7 Å². The Kier molecular flexibility index (Phi) is 5.36. The standard InChI is InChI=1S/C17H22O3/c1-20-17(19)15-9-7-14(8-10-15)16(12-18)11-13-5-3-2-4-6-13/h7-11,13,18H,2-6,12H2,1H3/b16-11-. The fourth-order valence-electron chi connectivity index (χ4n) is 2.76. The van der Waals surface area contributed by atoms with Gasteiger partial charge >= 0.3 is 5.97 Å². The van der Waals surface area contributed by atoms with E-state index in [4.69, 9.17) is 0 Å². The first-order chi connectivity index (χ1) is 9.74. The molecular formula is C17H22O3. The number of aliphatic hydroxyl groups is 1. The van der Waals surface area contributed by atoms with Crippen molar-refractivity contribution in [3.63, 3.8) is 0 Å². The highest BCUT2D eigenvalue weighted by molar-refractivity contribution is 5.89. The van der Waals surface area contributed by atoms with Crippen molar-refractivity contribution >= 4 is 11.5 Å². The van der Waals surface area contributed by atoms with Crippen LogP contribution in [0.1, 0.15) is 48.0 Å². The van der Waals surface area contributed by atoms with E-state index >= 15 is 0 Å². The van der Waals surface area contributed by atoms with Crippen LogP contribution in [0.2, 0.25) is 0 Å². The molecule has 0 atom stereocenters. The molecule has 3 heteroatoms. The molecule has 0 bridgehead atoms. The number of aliphatic hydroxyl groups excluding tert-OH is 1. The van der Waals surface area contributed by atoms with E-state index in [-0.39, 0.29) is 12.6 Å². The van der Waals surface area contributed by atoms with Crippen molar-refractivity contribution in [2.24, 2.45) is 5.92 Å². The summed E-state index contributed by atoms with van der Waals surface area (Å²) in [7, 11) is 1.37. The van der Waals surface area contributed by atoms with Gasteiger partial charge in [-0.3, -0.25) is 0 Å². The fraction of sp³-hybridized carbons (Fsp3) is 0.471. The summed E-state index contributed by atoms with van der Waals surface area (Å²) >= 11 is 0. The molecule has 1 aromatic carbocycles. The number of carbonyl (C=O) groups is 1. The van der Waals surface area contributed by atoms with Gasteiger partial charge in [0, 0.05) is 0 Å². The number of hydrogen-bond acceptors (Lipinski definition) is 3. The van der Waals surface area contributed by atoms with Crippen LogP contribution in [0.15, 0.2) is 30.3 Å². The highest BCUT2D eigenvalue weighted by atomic mass is 16.5. The largest absolute Gasteiger partial charge is 0.465 e. The molecule has 108 valence electrons. The zero-order chi connectivity index (χ0) is 14.4. The Bertz CT molecular complexity index is 468. The average molecular weight is 274 g/mol. The van der Waals surface area contributed by atoms with Crippen LogP contribution in [0.5, 0.6) is 0 Å². The second-order valence-electron chi connectivity index (χ2n) is 5.32. The normalized spacial score (nSPS) is 17.0. The van der Waals surface area contributed by atoms with E-state index in [0.29, 0.717) is 11.5 Å². The molecule has 0 radical (unpaired) electrons. The molecule has 20 heavy (non-hydrogen) atoms. The molecule has 0 aromatic heterocycles. The van der Waals surface area contributed by atoms with Gasteiger partial charge in [-0.25, -0.2) is 4.79 Å². The van der Waals surface area contributed by atoms with Crippen LogP contribution in [-0.4, -0.2) is 24.8 Å². The smallest absolute Gasteiger partial charge is 0.337 e. The third-order valence-corrected chi connectivity index (χ3v) is 3.93. The first-order valence-corrected chi connectivity index (χ1v) is 7.25. The molecular weight excluding hydrogens is 252 g/mol. The minimum atomic E-state index is -0.335. The van der Waals surface area contributed by atoms with Gasteiger partial charge in [-0.05, 0) is 42.0 Å². The lowest BCUT2D eigenvalue weighted by Gasteiger charge is -2.19. The Morgan fingerprint density at radius 1 is 1.20 bits per heavy atom. The van der Waals surface area contributed by atoms with E-state index in [1.165, 1.54) is 39.2 Å². The number of allylic oxidation sites excluding steroid dienone is 1. The van der Waals surface area contributed by atoms with Crippen LogP contribution in [-0.2, 0) is 4.74 Å². The summed E-state index contributed by atoms with van der Waals surface area (Å²) in [6.07, 6.45) is 8.51. The van der Waals surface area contributed by atoms with Crippen molar-refractivity contribution in [1.29, 1.82) is 0 Å². The number of esters is 1. The second kappa shape index (κ2) is 7.25. The molecule has 0 aliphatic heterocycles. The summed E-state index contributed by atoms with van der Waals surface area (Å²) in [4.78, 5) is 11.4. The molecule has 0 saturated heterocycles. The highest BCUT2D eigenvalue weighted by Gasteiger charge is 2.13. The van der Waals surface area contributed by atoms with E-state index in [1.807, 2.05) is 12.1 Å². The SMILES string of the molecule is COC(=O)c1ccc(/C(=C\C2CCCCC2)CO)cc1. The topological polar surface area (TPSA) is 46.5 Å². The first-order valence-electron chi connectivity index (χ1n) is 7.25. The van der Waals surface area contributed by atoms with Crippen LogP contribution in [0.3, 0.4) is 0 Å². The molecule has 3 nitrogen and oxygen atoms in total. The third kappa shape index (κ3) is 3.70. The molecule has 0 amide bonds. The van der Waals surface area contributed by atoms with Crippen LogP contribution >= 0.6 is 0 Å². The molecule has 2 rings (SSSR count). The average Bonchev–Trinajstić information content (AvgIpc) is 2.53. The summed E-state index contributed by atoms with van der Waals surface area (Å²) < 4.78 is 4.68. The van der Waals surface area contributed by atoms with E-state index in [2.05, 4.69) is 10.8 Å². The maximum Gasteiger partial charge on any atom is 0.337 e. The Morgan fingerprint density at radius 3 is 2.35 bits per heavy atom. The summed E-state index contributed by atoms with van der Waals surface area (Å²) in [5, 5.41) is 9.57. The molecule has 1 saturated carbocycles. The summed E-state index contributed by atoms with van der Waals surface area (Å²) in [5.41, 5.74) is 2.46. The van der Waals surface area contributed by atoms with Crippen molar-refractivity contribution in [3.8, 4) is 0 Å². The third-order valence-electron chi connectivity index (χ3n) is 3.93. The predicted molar refractivity (Wildman–Crippen MR) is 79.4 cm³/mol. The lowest BCUT2D eigenvalue weighted by molar-refractivity contribution is 0.0600. The number of methoxy groups -OCH3 is 1. The van der Waals surface area contributed by atoms with Crippen molar-refractivity contribution in [3.05, 3.63) is 41.5 Å². The zero-order valence-electron chi connectivity index (χ0n) is 12.0. The van der Waals surface area contributed by atoms with E-state index < -0.39 is 0 Å². The Hall–Kier alpha value is -1.61. The van der Waals surface area contributed by atoms with Crippen LogP contribution in [0, 0.1) is 5.92 Å². The zero-order valence-corrected chi connectivity index (χ0v) is 12.0. The first kappa shape index (κ1) is 14.8. The molecule has 0 heterocycles. The lowest BCUT2D eigenvalue weighted by Crippen LogP contribution is -2.05. The summed E-state index contributed by atoms with van der Waals surface area (Å²) in [6, 6.07) is 7.23. The van der Waals surface area contributed by atoms with E-state index in [1.54, 1.807) is 12.1 Å². The van der Waals surface area contributed by atoms with Gasteiger partial charge in [0.25, 0.3) is 0 Å². The molecule has 1 aliphatic carbocycles. The lowest BCUT2D eigenvalue weighted by atomic mass is 9.87. The summed E-state index contributed by atoms with van der Waals surface area (Å²) in [6.45, 7) is 0.0358. The number of benzene rings is 1. The van der Waals surface area contributed by atoms with Gasteiger partial charge in [-0.15, -0.1) is 0 Å². The molecule has 0 spiro atoms. The van der Waals surface area contributed by atoms with Crippen LogP contribution in [0.4, 0.5) is 0 Å². The minimum Gasteiger partial charge on any atom is -0.465 e. The van der Waals surface area contributed by atoms with E-state index in [9.17, 15) is 9.90 Å².